The van der Waals surface area contributed by atoms with Crippen molar-refractivity contribution < 1.29 is 9.47 Å². The van der Waals surface area contributed by atoms with Crippen molar-refractivity contribution in [1.82, 2.24) is 10.4 Å². The molecule has 0 amide bonds. The normalized spacial score (nSPS) is 10.9. The van der Waals surface area contributed by atoms with Crippen LogP contribution in [0.3, 0.4) is 0 Å². The Hall–Kier alpha value is -2.50. The highest BCUT2D eigenvalue weighted by molar-refractivity contribution is 5.91. The van der Waals surface area contributed by atoms with Crippen molar-refractivity contribution in [2.24, 2.45) is 5.84 Å². The molecule has 4 N–H and O–H groups in total. The van der Waals surface area contributed by atoms with Gasteiger partial charge in [0.2, 0.25) is 0 Å². The number of rotatable bonds is 6. The van der Waals surface area contributed by atoms with E-state index in [4.69, 9.17) is 15.3 Å². The molecular weight excluding hydrogens is 290 g/mol. The lowest BCUT2D eigenvalue weighted by atomic mass is 10.0. The van der Waals surface area contributed by atoms with Gasteiger partial charge < -0.3 is 14.5 Å². The average molecular weight is 311 g/mol. The lowest BCUT2D eigenvalue weighted by Crippen LogP contribution is -2.24. The van der Waals surface area contributed by atoms with Gasteiger partial charge in [-0.15, -0.1) is 0 Å². The van der Waals surface area contributed by atoms with Crippen LogP contribution in [0.25, 0.3) is 22.2 Å². The first-order chi connectivity index (χ1) is 11.3. The summed E-state index contributed by atoms with van der Waals surface area (Å²) in [7, 11) is 3.28. The lowest BCUT2D eigenvalue weighted by Gasteiger charge is -2.10. The predicted molar refractivity (Wildman–Crippen MR) is 92.7 cm³/mol. The van der Waals surface area contributed by atoms with E-state index in [2.05, 4.69) is 22.5 Å². The zero-order chi connectivity index (χ0) is 16.2. The minimum Gasteiger partial charge on any atom is -0.493 e. The highest BCUT2D eigenvalue weighted by Gasteiger charge is 2.14. The van der Waals surface area contributed by atoms with Gasteiger partial charge in [0.25, 0.3) is 0 Å². The molecule has 0 aliphatic carbocycles. The van der Waals surface area contributed by atoms with Crippen LogP contribution < -0.4 is 20.7 Å². The number of hydrogen-bond acceptors (Lipinski definition) is 4. The first-order valence-electron chi connectivity index (χ1n) is 7.54. The summed E-state index contributed by atoms with van der Waals surface area (Å²) in [6.07, 6.45) is 0.837. The summed E-state index contributed by atoms with van der Waals surface area (Å²) in [5, 5.41) is 1.22. The van der Waals surface area contributed by atoms with Crippen LogP contribution in [0.15, 0.2) is 42.5 Å². The molecule has 1 heterocycles. The molecule has 5 heteroatoms. The van der Waals surface area contributed by atoms with Gasteiger partial charge in [0.1, 0.15) is 0 Å². The molecule has 120 valence electrons. The van der Waals surface area contributed by atoms with Crippen LogP contribution >= 0.6 is 0 Å². The summed E-state index contributed by atoms with van der Waals surface area (Å²) in [5.41, 5.74) is 7.23. The molecule has 0 aliphatic rings. The topological polar surface area (TPSA) is 72.3 Å². The number of nitrogens with two attached hydrogens (primary N) is 1. The Kier molecular flexibility index (Phi) is 4.50. The summed E-state index contributed by atoms with van der Waals surface area (Å²) >= 11 is 0. The van der Waals surface area contributed by atoms with Gasteiger partial charge in [0.05, 0.1) is 14.2 Å². The van der Waals surface area contributed by atoms with E-state index in [1.807, 2.05) is 30.3 Å². The first-order valence-corrected chi connectivity index (χ1v) is 7.54. The van der Waals surface area contributed by atoms with Gasteiger partial charge in [0.15, 0.2) is 11.5 Å². The van der Waals surface area contributed by atoms with E-state index in [1.54, 1.807) is 14.2 Å². The molecular formula is C18H21N3O2. The minimum atomic E-state index is 0.710. The average Bonchev–Trinajstić information content (AvgIpc) is 2.97. The van der Waals surface area contributed by atoms with E-state index in [0.29, 0.717) is 12.3 Å². The number of H-pyrrole nitrogens is 1. The third kappa shape index (κ3) is 2.88. The maximum absolute atomic E-state index is 5.46. The van der Waals surface area contributed by atoms with Gasteiger partial charge in [-0.25, -0.2) is 0 Å². The third-order valence-corrected chi connectivity index (χ3v) is 4.01. The number of fused-ring (bicyclic) bond motifs is 1. The van der Waals surface area contributed by atoms with Gasteiger partial charge in [-0.1, -0.05) is 18.2 Å². The fourth-order valence-corrected chi connectivity index (χ4v) is 2.90. The molecule has 5 nitrogen and oxygen atoms in total. The number of aromatic nitrogens is 1. The van der Waals surface area contributed by atoms with Crippen molar-refractivity contribution in [3.05, 3.63) is 48.0 Å². The number of ether oxygens (including phenoxy) is 2. The molecule has 0 bridgehead atoms. The minimum absolute atomic E-state index is 0.710. The summed E-state index contributed by atoms with van der Waals surface area (Å²) < 4.78 is 10.7. The molecule has 0 atom stereocenters. The van der Waals surface area contributed by atoms with Gasteiger partial charge in [-0.3, -0.25) is 11.3 Å². The van der Waals surface area contributed by atoms with Crippen molar-refractivity contribution in [1.29, 1.82) is 0 Å². The van der Waals surface area contributed by atoms with Crippen molar-refractivity contribution in [3.8, 4) is 22.8 Å². The fourth-order valence-electron chi connectivity index (χ4n) is 2.90. The molecule has 0 unspecified atom stereocenters. The monoisotopic (exact) mass is 311 g/mol. The quantitative estimate of drug-likeness (QED) is 0.483. The SMILES string of the molecule is COc1ccc(-c2[nH]c3ccccc3c2CCNN)cc1OC. The molecule has 0 spiro atoms. The maximum atomic E-state index is 5.46. The fraction of sp³-hybridized carbons (Fsp3) is 0.222. The van der Waals surface area contributed by atoms with Crippen LogP contribution in [0, 0.1) is 0 Å². The van der Waals surface area contributed by atoms with Crippen LogP contribution in [-0.2, 0) is 6.42 Å². The molecule has 0 radical (unpaired) electrons. The number of benzene rings is 2. The predicted octanol–water partition coefficient (Wildman–Crippen LogP) is 2.86. The number of nitrogens with one attached hydrogen (secondary N) is 2. The Bertz CT molecular complexity index is 811. The van der Waals surface area contributed by atoms with Crippen molar-refractivity contribution >= 4 is 10.9 Å². The Morgan fingerprint density at radius 2 is 1.83 bits per heavy atom. The van der Waals surface area contributed by atoms with Gasteiger partial charge in [0, 0.05) is 28.7 Å². The largest absolute Gasteiger partial charge is 0.493 e. The smallest absolute Gasteiger partial charge is 0.161 e. The number of para-hydroxylation sites is 1. The van der Waals surface area contributed by atoms with E-state index in [1.165, 1.54) is 10.9 Å². The van der Waals surface area contributed by atoms with E-state index in [-0.39, 0.29) is 0 Å². The Morgan fingerprint density at radius 1 is 1.04 bits per heavy atom. The molecule has 3 rings (SSSR count). The summed E-state index contributed by atoms with van der Waals surface area (Å²) in [6.45, 7) is 0.710. The molecule has 3 aromatic rings. The zero-order valence-corrected chi connectivity index (χ0v) is 13.3. The lowest BCUT2D eigenvalue weighted by molar-refractivity contribution is 0.355. The first kappa shape index (κ1) is 15.4. The second-order valence-electron chi connectivity index (χ2n) is 5.30. The Labute approximate surface area is 135 Å². The van der Waals surface area contributed by atoms with Crippen LogP contribution in [0.4, 0.5) is 0 Å². The highest BCUT2D eigenvalue weighted by Crippen LogP contribution is 2.36. The van der Waals surface area contributed by atoms with Crippen LogP contribution in [0.1, 0.15) is 5.56 Å². The van der Waals surface area contributed by atoms with E-state index in [0.717, 1.165) is 28.9 Å². The Balaban J connectivity index is 2.14. The third-order valence-electron chi connectivity index (χ3n) is 4.01. The number of hydrogen-bond donors (Lipinski definition) is 3. The van der Waals surface area contributed by atoms with Crippen molar-refractivity contribution in [2.45, 2.75) is 6.42 Å². The maximum Gasteiger partial charge on any atom is 0.161 e. The van der Waals surface area contributed by atoms with Crippen molar-refractivity contribution in [2.75, 3.05) is 20.8 Å². The van der Waals surface area contributed by atoms with Crippen LogP contribution in [0.2, 0.25) is 0 Å². The summed E-state index contributed by atoms with van der Waals surface area (Å²) in [6, 6.07) is 14.2. The van der Waals surface area contributed by atoms with Gasteiger partial charge >= 0.3 is 0 Å². The van der Waals surface area contributed by atoms with E-state index in [9.17, 15) is 0 Å². The zero-order valence-electron chi connectivity index (χ0n) is 13.3. The molecule has 0 fully saturated rings. The van der Waals surface area contributed by atoms with Gasteiger partial charge in [-0.05, 0) is 36.2 Å². The molecule has 1 aromatic heterocycles. The molecule has 2 aromatic carbocycles. The van der Waals surface area contributed by atoms with E-state index < -0.39 is 0 Å². The Morgan fingerprint density at radius 3 is 2.57 bits per heavy atom. The van der Waals surface area contributed by atoms with Crippen LogP contribution in [-0.4, -0.2) is 25.7 Å². The number of methoxy groups -OCH3 is 2. The second-order valence-corrected chi connectivity index (χ2v) is 5.30. The summed E-state index contributed by atoms with van der Waals surface area (Å²) in [4.78, 5) is 3.51. The number of aromatic amines is 1. The van der Waals surface area contributed by atoms with Crippen LogP contribution in [0.5, 0.6) is 11.5 Å². The second kappa shape index (κ2) is 6.73. The molecule has 0 aliphatic heterocycles. The van der Waals surface area contributed by atoms with Gasteiger partial charge in [-0.2, -0.15) is 0 Å². The molecule has 0 saturated heterocycles. The van der Waals surface area contributed by atoms with Crippen molar-refractivity contribution in [3.63, 3.8) is 0 Å². The summed E-state index contributed by atoms with van der Waals surface area (Å²) in [5.74, 6) is 6.90. The standard InChI is InChI=1S/C18H21N3O2/c1-22-16-8-7-12(11-17(16)23-2)18-14(9-10-20-19)13-5-3-4-6-15(13)21-18/h3-8,11,20-21H,9-10,19H2,1-2H3. The molecule has 0 saturated carbocycles. The highest BCUT2D eigenvalue weighted by atomic mass is 16.5. The molecule has 23 heavy (non-hydrogen) atoms. The van der Waals surface area contributed by atoms with E-state index >= 15 is 0 Å². The number of hydrazine groups is 1.